The molecule has 2 heteroatoms. The van der Waals surface area contributed by atoms with Crippen molar-refractivity contribution in [3.8, 4) is 0 Å². The Morgan fingerprint density at radius 3 is 2.06 bits per heavy atom. The number of nitrogens with zero attached hydrogens (tertiary/aromatic N) is 1. The zero-order valence-electron chi connectivity index (χ0n) is 12.1. The van der Waals surface area contributed by atoms with Gasteiger partial charge in [0.15, 0.2) is 0 Å². The summed E-state index contributed by atoms with van der Waals surface area (Å²) in [4.78, 5) is 2.79. The summed E-state index contributed by atoms with van der Waals surface area (Å²) in [5.74, 6) is 0. The van der Waals surface area contributed by atoms with E-state index < -0.39 is 0 Å². The van der Waals surface area contributed by atoms with Crippen molar-refractivity contribution < 1.29 is 0 Å². The van der Waals surface area contributed by atoms with E-state index in [1.165, 1.54) is 45.2 Å². The van der Waals surface area contributed by atoms with Gasteiger partial charge in [0.05, 0.1) is 0 Å². The molecule has 3 atom stereocenters. The van der Waals surface area contributed by atoms with Crippen molar-refractivity contribution in [1.29, 1.82) is 0 Å². The highest BCUT2D eigenvalue weighted by Gasteiger charge is 2.38. The second-order valence-electron chi connectivity index (χ2n) is 6.98. The average Bonchev–Trinajstić information content (AvgIpc) is 2.56. The lowest BCUT2D eigenvalue weighted by Crippen LogP contribution is -2.49. The minimum Gasteiger partial charge on any atom is -0.312 e. The molecule has 0 bridgehead atoms. The van der Waals surface area contributed by atoms with Crippen molar-refractivity contribution in [2.45, 2.75) is 77.9 Å². The molecule has 1 heterocycles. The minimum absolute atomic E-state index is 0.541. The Bertz CT molecular complexity index is 237. The number of hydrogen-bond acceptors (Lipinski definition) is 2. The largest absolute Gasteiger partial charge is 0.312 e. The molecule has 0 aromatic rings. The van der Waals surface area contributed by atoms with Crippen LogP contribution in [-0.4, -0.2) is 36.1 Å². The van der Waals surface area contributed by atoms with E-state index >= 15 is 0 Å². The molecule has 1 aliphatic carbocycles. The fourth-order valence-corrected chi connectivity index (χ4v) is 3.78. The van der Waals surface area contributed by atoms with E-state index in [9.17, 15) is 0 Å². The van der Waals surface area contributed by atoms with Crippen molar-refractivity contribution in [2.24, 2.45) is 5.41 Å². The average molecular weight is 238 g/mol. The highest BCUT2D eigenvalue weighted by molar-refractivity contribution is 4.93. The molecule has 0 spiro atoms. The lowest BCUT2D eigenvalue weighted by atomic mass is 9.86. The molecule has 2 aliphatic rings. The monoisotopic (exact) mass is 238 g/mol. The molecule has 1 aliphatic heterocycles. The Balaban J connectivity index is 1.99. The number of rotatable bonds is 1. The van der Waals surface area contributed by atoms with Crippen LogP contribution in [0.4, 0.5) is 0 Å². The van der Waals surface area contributed by atoms with E-state index in [4.69, 9.17) is 0 Å². The first kappa shape index (κ1) is 13.4. The molecule has 1 saturated heterocycles. The molecular weight excluding hydrogens is 208 g/mol. The molecule has 2 rings (SSSR count). The lowest BCUT2D eigenvalue weighted by Gasteiger charge is -2.40. The van der Waals surface area contributed by atoms with Gasteiger partial charge in [-0.15, -0.1) is 0 Å². The third-order valence-corrected chi connectivity index (χ3v) is 4.91. The van der Waals surface area contributed by atoms with E-state index in [1.807, 2.05) is 0 Å². The number of nitrogens with one attached hydrogen (secondary N) is 1. The minimum atomic E-state index is 0.541. The highest BCUT2D eigenvalue weighted by Crippen LogP contribution is 2.40. The summed E-state index contributed by atoms with van der Waals surface area (Å²) in [5, 5.41) is 3.69. The second-order valence-corrected chi connectivity index (χ2v) is 6.98. The van der Waals surface area contributed by atoms with Gasteiger partial charge in [0.25, 0.3) is 0 Å². The van der Waals surface area contributed by atoms with Gasteiger partial charge in [0, 0.05) is 18.1 Å². The Kier molecular flexibility index (Phi) is 4.14. The van der Waals surface area contributed by atoms with Crippen LogP contribution in [0.2, 0.25) is 0 Å². The summed E-state index contributed by atoms with van der Waals surface area (Å²) in [7, 11) is 0. The first-order valence-electron chi connectivity index (χ1n) is 7.49. The lowest BCUT2D eigenvalue weighted by molar-refractivity contribution is 0.0950. The third-order valence-electron chi connectivity index (χ3n) is 4.91. The summed E-state index contributed by atoms with van der Waals surface area (Å²) < 4.78 is 0. The zero-order chi connectivity index (χ0) is 12.5. The molecular formula is C15H30N2. The molecule has 100 valence electrons. The molecule has 1 saturated carbocycles. The summed E-state index contributed by atoms with van der Waals surface area (Å²) in [6.07, 6.45) is 6.87. The Morgan fingerprint density at radius 2 is 1.59 bits per heavy atom. The van der Waals surface area contributed by atoms with Gasteiger partial charge >= 0.3 is 0 Å². The van der Waals surface area contributed by atoms with Crippen molar-refractivity contribution in [3.63, 3.8) is 0 Å². The summed E-state index contributed by atoms with van der Waals surface area (Å²) in [5.41, 5.74) is 0.541. The molecule has 0 aromatic heterocycles. The van der Waals surface area contributed by atoms with Crippen molar-refractivity contribution >= 4 is 0 Å². The fourth-order valence-electron chi connectivity index (χ4n) is 3.78. The van der Waals surface area contributed by atoms with Crippen molar-refractivity contribution in [2.75, 3.05) is 13.1 Å². The normalized spacial score (nSPS) is 39.9. The maximum absolute atomic E-state index is 3.69. The van der Waals surface area contributed by atoms with E-state index in [2.05, 4.69) is 37.9 Å². The first-order valence-corrected chi connectivity index (χ1v) is 7.49. The Labute approximate surface area is 107 Å². The van der Waals surface area contributed by atoms with Crippen molar-refractivity contribution in [3.05, 3.63) is 0 Å². The number of hydrogen-bond donors (Lipinski definition) is 1. The molecule has 2 fully saturated rings. The van der Waals surface area contributed by atoms with Gasteiger partial charge in [-0.3, -0.25) is 4.90 Å². The highest BCUT2D eigenvalue weighted by atomic mass is 15.2. The van der Waals surface area contributed by atoms with Crippen LogP contribution in [0.25, 0.3) is 0 Å². The van der Waals surface area contributed by atoms with E-state index in [1.54, 1.807) is 0 Å². The Hall–Kier alpha value is -0.0800. The van der Waals surface area contributed by atoms with Crippen LogP contribution in [-0.2, 0) is 0 Å². The van der Waals surface area contributed by atoms with Gasteiger partial charge in [0.2, 0.25) is 0 Å². The topological polar surface area (TPSA) is 15.3 Å². The fraction of sp³-hybridized carbons (Fsp3) is 1.00. The molecule has 3 unspecified atom stereocenters. The smallest absolute Gasteiger partial charge is 0.0146 e. The van der Waals surface area contributed by atoms with Gasteiger partial charge in [-0.2, -0.15) is 0 Å². The van der Waals surface area contributed by atoms with Crippen LogP contribution < -0.4 is 5.32 Å². The maximum atomic E-state index is 3.69. The van der Waals surface area contributed by atoms with Gasteiger partial charge in [0.1, 0.15) is 0 Å². The molecule has 0 radical (unpaired) electrons. The predicted molar refractivity (Wildman–Crippen MR) is 74.3 cm³/mol. The van der Waals surface area contributed by atoms with Gasteiger partial charge in [-0.05, 0) is 58.0 Å². The van der Waals surface area contributed by atoms with Gasteiger partial charge in [-0.25, -0.2) is 0 Å². The summed E-state index contributed by atoms with van der Waals surface area (Å²) >= 11 is 0. The van der Waals surface area contributed by atoms with Crippen LogP contribution in [0.15, 0.2) is 0 Å². The predicted octanol–water partition coefficient (Wildman–Crippen LogP) is 3.03. The van der Waals surface area contributed by atoms with Crippen LogP contribution in [0, 0.1) is 5.41 Å². The molecule has 1 N–H and O–H groups in total. The molecule has 2 nitrogen and oxygen atoms in total. The van der Waals surface area contributed by atoms with Crippen LogP contribution in [0.3, 0.4) is 0 Å². The first-order chi connectivity index (χ1) is 7.99. The summed E-state index contributed by atoms with van der Waals surface area (Å²) in [6, 6.07) is 2.19. The third kappa shape index (κ3) is 3.23. The van der Waals surface area contributed by atoms with Crippen LogP contribution in [0.5, 0.6) is 0 Å². The van der Waals surface area contributed by atoms with Crippen LogP contribution >= 0.6 is 0 Å². The van der Waals surface area contributed by atoms with Gasteiger partial charge < -0.3 is 5.32 Å². The molecule has 0 amide bonds. The van der Waals surface area contributed by atoms with E-state index in [0.29, 0.717) is 17.5 Å². The van der Waals surface area contributed by atoms with E-state index in [-0.39, 0.29) is 0 Å². The SMILES string of the molecule is CC1CCN(C2CCCC2(C)C)CCC(C)N1. The molecule has 17 heavy (non-hydrogen) atoms. The molecule has 0 aromatic carbocycles. The van der Waals surface area contributed by atoms with Crippen molar-refractivity contribution in [1.82, 2.24) is 10.2 Å². The second kappa shape index (κ2) is 5.27. The summed E-state index contributed by atoms with van der Waals surface area (Å²) in [6.45, 7) is 12.2. The zero-order valence-corrected chi connectivity index (χ0v) is 12.1. The Morgan fingerprint density at radius 1 is 1.00 bits per heavy atom. The standard InChI is InChI=1S/C15H30N2/c1-12-7-10-17(11-8-13(2)16-12)14-6-5-9-15(14,3)4/h12-14,16H,5-11H2,1-4H3. The van der Waals surface area contributed by atoms with E-state index in [0.717, 1.165) is 6.04 Å². The quantitative estimate of drug-likeness (QED) is 0.755. The van der Waals surface area contributed by atoms with Gasteiger partial charge in [-0.1, -0.05) is 20.3 Å². The van der Waals surface area contributed by atoms with Crippen LogP contribution in [0.1, 0.15) is 59.8 Å². The maximum Gasteiger partial charge on any atom is 0.0146 e.